The van der Waals surface area contributed by atoms with Crippen LogP contribution in [-0.4, -0.2) is 33.7 Å². The Morgan fingerprint density at radius 1 is 1.75 bits per heavy atom. The molecule has 16 heavy (non-hydrogen) atoms. The Balaban J connectivity index is 2.53. The summed E-state index contributed by atoms with van der Waals surface area (Å²) < 4.78 is 0. The number of nitrogens with zero attached hydrogens (tertiary/aromatic N) is 1. The van der Waals surface area contributed by atoms with Gasteiger partial charge in [-0.05, 0) is 19.9 Å². The summed E-state index contributed by atoms with van der Waals surface area (Å²) in [5, 5.41) is 3.97. The van der Waals surface area contributed by atoms with Crippen molar-refractivity contribution in [2.45, 2.75) is 31.0 Å². The Kier molecular flexibility index (Phi) is 4.82. The molecule has 1 aromatic heterocycles. The molecule has 1 heterocycles. The van der Waals surface area contributed by atoms with Crippen molar-refractivity contribution >= 4 is 17.7 Å². The SMILES string of the molecule is CCCNC(C)(CSc1ncc[nH]1)C(N)=O. The van der Waals surface area contributed by atoms with Crippen molar-refractivity contribution in [3.8, 4) is 0 Å². The number of primary amides is 1. The number of aromatic nitrogens is 2. The van der Waals surface area contributed by atoms with Crippen molar-refractivity contribution < 1.29 is 4.79 Å². The van der Waals surface area contributed by atoms with E-state index in [2.05, 4.69) is 15.3 Å². The third-order valence-electron chi connectivity index (χ3n) is 2.28. The molecule has 1 unspecified atom stereocenters. The zero-order valence-electron chi connectivity index (χ0n) is 9.62. The van der Waals surface area contributed by atoms with Gasteiger partial charge in [0.15, 0.2) is 5.16 Å². The molecule has 0 bridgehead atoms. The van der Waals surface area contributed by atoms with Crippen molar-refractivity contribution in [3.05, 3.63) is 12.4 Å². The van der Waals surface area contributed by atoms with Gasteiger partial charge in [0, 0.05) is 18.1 Å². The lowest BCUT2D eigenvalue weighted by atomic mass is 10.1. The highest BCUT2D eigenvalue weighted by Crippen LogP contribution is 2.18. The molecular formula is C10H18N4OS. The molecule has 0 aliphatic heterocycles. The number of hydrogen-bond acceptors (Lipinski definition) is 4. The number of aromatic amines is 1. The number of H-pyrrole nitrogens is 1. The molecule has 90 valence electrons. The minimum absolute atomic E-state index is 0.333. The molecule has 0 aromatic carbocycles. The van der Waals surface area contributed by atoms with Gasteiger partial charge in [0.2, 0.25) is 5.91 Å². The molecule has 0 saturated heterocycles. The Hall–Kier alpha value is -1.01. The number of carbonyl (C=O) groups excluding carboxylic acids is 1. The van der Waals surface area contributed by atoms with E-state index in [4.69, 9.17) is 5.73 Å². The first kappa shape index (κ1) is 13.1. The van der Waals surface area contributed by atoms with Gasteiger partial charge in [0.25, 0.3) is 0 Å². The molecular weight excluding hydrogens is 224 g/mol. The molecule has 1 amide bonds. The third kappa shape index (κ3) is 3.53. The maximum absolute atomic E-state index is 11.4. The molecule has 1 atom stereocenters. The van der Waals surface area contributed by atoms with Crippen LogP contribution in [0.5, 0.6) is 0 Å². The van der Waals surface area contributed by atoms with Crippen molar-refractivity contribution in [3.63, 3.8) is 0 Å². The molecule has 0 fully saturated rings. The van der Waals surface area contributed by atoms with E-state index < -0.39 is 5.54 Å². The average molecular weight is 242 g/mol. The first-order chi connectivity index (χ1) is 7.58. The molecule has 0 aliphatic rings. The molecule has 0 spiro atoms. The van der Waals surface area contributed by atoms with Crippen molar-refractivity contribution in [1.82, 2.24) is 15.3 Å². The lowest BCUT2D eigenvalue weighted by Crippen LogP contribution is -2.55. The lowest BCUT2D eigenvalue weighted by Gasteiger charge is -2.26. The van der Waals surface area contributed by atoms with Gasteiger partial charge in [0.1, 0.15) is 5.54 Å². The van der Waals surface area contributed by atoms with Crippen LogP contribution < -0.4 is 11.1 Å². The summed E-state index contributed by atoms with van der Waals surface area (Å²) in [6.45, 7) is 4.65. The fraction of sp³-hybridized carbons (Fsp3) is 0.600. The molecule has 1 aromatic rings. The zero-order chi connectivity index (χ0) is 12.0. The maximum atomic E-state index is 11.4. The monoisotopic (exact) mass is 242 g/mol. The van der Waals surface area contributed by atoms with Gasteiger partial charge >= 0.3 is 0 Å². The van der Waals surface area contributed by atoms with Crippen LogP contribution in [-0.2, 0) is 4.79 Å². The highest BCUT2D eigenvalue weighted by Gasteiger charge is 2.30. The number of nitrogens with two attached hydrogens (primary N) is 1. The third-order valence-corrected chi connectivity index (χ3v) is 3.50. The Morgan fingerprint density at radius 2 is 2.50 bits per heavy atom. The fourth-order valence-electron chi connectivity index (χ4n) is 1.15. The number of hydrogen-bond donors (Lipinski definition) is 3. The van der Waals surface area contributed by atoms with Crippen LogP contribution in [0.2, 0.25) is 0 Å². The topological polar surface area (TPSA) is 83.8 Å². The number of carbonyl (C=O) groups is 1. The average Bonchev–Trinajstić information content (AvgIpc) is 2.76. The lowest BCUT2D eigenvalue weighted by molar-refractivity contribution is -0.122. The smallest absolute Gasteiger partial charge is 0.238 e. The second-order valence-electron chi connectivity index (χ2n) is 3.81. The highest BCUT2D eigenvalue weighted by atomic mass is 32.2. The molecule has 1 rings (SSSR count). The van der Waals surface area contributed by atoms with Crippen LogP contribution in [0.1, 0.15) is 20.3 Å². The second-order valence-corrected chi connectivity index (χ2v) is 4.77. The number of rotatable bonds is 7. The summed E-state index contributed by atoms with van der Waals surface area (Å²) in [5.41, 5.74) is 4.72. The zero-order valence-corrected chi connectivity index (χ0v) is 10.4. The Bertz CT molecular complexity index is 328. The molecule has 0 saturated carbocycles. The number of nitrogens with one attached hydrogen (secondary N) is 2. The van der Waals surface area contributed by atoms with Crippen LogP contribution in [0.15, 0.2) is 17.6 Å². The number of amides is 1. The van der Waals surface area contributed by atoms with Crippen molar-refractivity contribution in [2.75, 3.05) is 12.3 Å². The van der Waals surface area contributed by atoms with Gasteiger partial charge in [-0.25, -0.2) is 4.98 Å². The van der Waals surface area contributed by atoms with E-state index in [1.165, 1.54) is 11.8 Å². The quantitative estimate of drug-likeness (QED) is 0.616. The van der Waals surface area contributed by atoms with Crippen LogP contribution in [0.3, 0.4) is 0 Å². The maximum Gasteiger partial charge on any atom is 0.238 e. The minimum atomic E-state index is -0.687. The second kappa shape index (κ2) is 5.91. The summed E-state index contributed by atoms with van der Waals surface area (Å²) in [6.07, 6.45) is 4.40. The number of imidazole rings is 1. The summed E-state index contributed by atoms with van der Waals surface area (Å²) in [7, 11) is 0. The van der Waals surface area contributed by atoms with E-state index in [9.17, 15) is 4.79 Å². The summed E-state index contributed by atoms with van der Waals surface area (Å²) in [5.74, 6) is 0.232. The van der Waals surface area contributed by atoms with Crippen LogP contribution in [0.25, 0.3) is 0 Å². The van der Waals surface area contributed by atoms with Crippen LogP contribution in [0.4, 0.5) is 0 Å². The van der Waals surface area contributed by atoms with Gasteiger partial charge in [-0.2, -0.15) is 0 Å². The summed E-state index contributed by atoms with van der Waals surface area (Å²) in [6, 6.07) is 0. The van der Waals surface area contributed by atoms with E-state index in [0.717, 1.165) is 18.1 Å². The van der Waals surface area contributed by atoms with E-state index in [1.807, 2.05) is 13.8 Å². The Labute approximate surface area is 99.6 Å². The standard InChI is InChI=1S/C10H18N4OS/c1-3-4-14-10(2,8(11)15)7-16-9-12-5-6-13-9/h5-6,14H,3-4,7H2,1-2H3,(H2,11,15)(H,12,13). The first-order valence-electron chi connectivity index (χ1n) is 5.25. The van der Waals surface area contributed by atoms with Crippen molar-refractivity contribution in [1.29, 1.82) is 0 Å². The van der Waals surface area contributed by atoms with Crippen LogP contribution in [0, 0.1) is 0 Å². The molecule has 5 nitrogen and oxygen atoms in total. The van der Waals surface area contributed by atoms with E-state index >= 15 is 0 Å². The first-order valence-corrected chi connectivity index (χ1v) is 6.24. The van der Waals surface area contributed by atoms with E-state index in [-0.39, 0.29) is 5.91 Å². The molecule has 0 aliphatic carbocycles. The predicted molar refractivity (Wildman–Crippen MR) is 65.2 cm³/mol. The highest BCUT2D eigenvalue weighted by molar-refractivity contribution is 7.99. The summed E-state index contributed by atoms with van der Waals surface area (Å²) in [4.78, 5) is 18.5. The van der Waals surface area contributed by atoms with Crippen LogP contribution >= 0.6 is 11.8 Å². The van der Waals surface area contributed by atoms with Crippen molar-refractivity contribution in [2.24, 2.45) is 5.73 Å². The van der Waals surface area contributed by atoms with E-state index in [0.29, 0.717) is 5.75 Å². The normalized spacial score (nSPS) is 14.6. The minimum Gasteiger partial charge on any atom is -0.368 e. The predicted octanol–water partition coefficient (Wildman–Crippen LogP) is 0.745. The Morgan fingerprint density at radius 3 is 3.00 bits per heavy atom. The number of thioether (sulfide) groups is 1. The fourth-order valence-corrected chi connectivity index (χ4v) is 2.11. The molecule has 0 radical (unpaired) electrons. The van der Waals surface area contributed by atoms with Gasteiger partial charge < -0.3 is 16.0 Å². The largest absolute Gasteiger partial charge is 0.368 e. The van der Waals surface area contributed by atoms with Gasteiger partial charge in [-0.1, -0.05) is 18.7 Å². The molecule has 6 heteroatoms. The van der Waals surface area contributed by atoms with E-state index in [1.54, 1.807) is 12.4 Å². The summed E-state index contributed by atoms with van der Waals surface area (Å²) >= 11 is 1.48. The van der Waals surface area contributed by atoms with Gasteiger partial charge in [0.05, 0.1) is 0 Å². The molecule has 4 N–H and O–H groups in total. The van der Waals surface area contributed by atoms with Gasteiger partial charge in [-0.3, -0.25) is 4.79 Å². The van der Waals surface area contributed by atoms with Gasteiger partial charge in [-0.15, -0.1) is 0 Å².